The Morgan fingerprint density at radius 3 is 1.61 bits per heavy atom. The second kappa shape index (κ2) is 10.1. The summed E-state index contributed by atoms with van der Waals surface area (Å²) in [5.41, 5.74) is -1.55. The molecule has 190 valence electrons. The van der Waals surface area contributed by atoms with Gasteiger partial charge in [0.25, 0.3) is 0 Å². The summed E-state index contributed by atoms with van der Waals surface area (Å²) >= 11 is 0. The molecule has 0 atom stereocenters. The van der Waals surface area contributed by atoms with Crippen molar-refractivity contribution in [2.45, 2.75) is 51.4 Å². The number of alkyl halides is 6. The Hall–Kier alpha value is -3.77. The molecule has 0 aliphatic rings. The SMILES string of the molecule is CCCCCCc1ccc(-c2nc(-c3cc(C(F)(F)F)n[n-]3)nc(-c3cc(C(F)(F)F)n[n-]3)n2)cc1. The van der Waals surface area contributed by atoms with Crippen LogP contribution in [0.3, 0.4) is 0 Å². The summed E-state index contributed by atoms with van der Waals surface area (Å²) in [6, 6.07) is 8.51. The largest absolute Gasteiger partial charge is 0.572 e. The number of unbranched alkanes of at least 4 members (excludes halogenated alkanes) is 3. The summed E-state index contributed by atoms with van der Waals surface area (Å²) in [6.07, 6.45) is -4.19. The fourth-order valence-corrected chi connectivity index (χ4v) is 3.40. The molecule has 1 aromatic carbocycles. The minimum atomic E-state index is -4.74. The zero-order valence-corrected chi connectivity index (χ0v) is 18.9. The fourth-order valence-electron chi connectivity index (χ4n) is 3.40. The van der Waals surface area contributed by atoms with Crippen molar-refractivity contribution >= 4 is 0 Å². The Labute approximate surface area is 201 Å². The summed E-state index contributed by atoms with van der Waals surface area (Å²) in [5.74, 6) is -0.558. The zero-order chi connectivity index (χ0) is 25.9. The number of hydrogen-bond donors (Lipinski definition) is 0. The van der Waals surface area contributed by atoms with Gasteiger partial charge in [0.15, 0.2) is 5.82 Å². The van der Waals surface area contributed by atoms with Gasteiger partial charge in [0.2, 0.25) is 0 Å². The maximum atomic E-state index is 13.0. The van der Waals surface area contributed by atoms with Gasteiger partial charge in [-0.15, -0.1) is 0 Å². The van der Waals surface area contributed by atoms with Crippen molar-refractivity contribution in [2.75, 3.05) is 0 Å². The van der Waals surface area contributed by atoms with Gasteiger partial charge in [0.1, 0.15) is 23.0 Å². The molecule has 0 radical (unpaired) electrons. The molecule has 0 unspecified atom stereocenters. The third-order valence-corrected chi connectivity index (χ3v) is 5.28. The standard InChI is InChI=1S/C23H19F6N7/c1-2-3-4-5-6-13-7-9-14(10-8-13)19-30-20(15-11-17(35-33-15)22(24,25)26)32-21(31-19)16-12-18(36-34-16)23(27,28)29/h7-12H,2-6H2,1H3/q-2. The molecule has 4 rings (SSSR count). The maximum absolute atomic E-state index is 13.0. The quantitative estimate of drug-likeness (QED) is 0.222. The first-order valence-electron chi connectivity index (χ1n) is 11.1. The number of benzene rings is 1. The lowest BCUT2D eigenvalue weighted by atomic mass is 10.0. The van der Waals surface area contributed by atoms with Gasteiger partial charge in [-0.2, -0.15) is 26.3 Å². The van der Waals surface area contributed by atoms with E-state index in [0.717, 1.165) is 37.7 Å². The molecule has 0 saturated carbocycles. The van der Waals surface area contributed by atoms with E-state index in [1.807, 2.05) is 12.1 Å². The van der Waals surface area contributed by atoms with E-state index >= 15 is 0 Å². The summed E-state index contributed by atoms with van der Waals surface area (Å²) in [5, 5.41) is 13.2. The molecule has 3 aromatic heterocycles. The van der Waals surface area contributed by atoms with E-state index in [0.29, 0.717) is 17.7 Å². The highest BCUT2D eigenvalue weighted by Gasteiger charge is 2.32. The van der Waals surface area contributed by atoms with Crippen molar-refractivity contribution in [3.63, 3.8) is 0 Å². The van der Waals surface area contributed by atoms with E-state index in [1.54, 1.807) is 12.1 Å². The van der Waals surface area contributed by atoms with Crippen LogP contribution in [-0.4, -0.2) is 25.1 Å². The van der Waals surface area contributed by atoms with Crippen molar-refractivity contribution in [1.82, 2.24) is 35.3 Å². The Kier molecular flexibility index (Phi) is 7.09. The number of aromatic nitrogens is 7. The van der Waals surface area contributed by atoms with Crippen LogP contribution in [0.1, 0.15) is 49.6 Å². The van der Waals surface area contributed by atoms with Gasteiger partial charge in [0, 0.05) is 5.56 Å². The van der Waals surface area contributed by atoms with Gasteiger partial charge in [-0.1, -0.05) is 61.8 Å². The van der Waals surface area contributed by atoms with Crippen LogP contribution >= 0.6 is 0 Å². The number of aryl methyl sites for hydroxylation is 1. The van der Waals surface area contributed by atoms with Gasteiger partial charge in [-0.05, 0) is 30.5 Å². The molecule has 0 amide bonds. The Morgan fingerprint density at radius 1 is 0.667 bits per heavy atom. The molecular formula is C23H19F6N7-2. The second-order valence-electron chi connectivity index (χ2n) is 8.04. The number of nitrogens with zero attached hydrogens (tertiary/aromatic N) is 7. The molecular weight excluding hydrogens is 488 g/mol. The van der Waals surface area contributed by atoms with Crippen LogP contribution in [0.4, 0.5) is 26.3 Å². The van der Waals surface area contributed by atoms with Crippen LogP contribution in [0.5, 0.6) is 0 Å². The summed E-state index contributed by atoms with van der Waals surface area (Å²) in [6.45, 7) is 2.13. The second-order valence-corrected chi connectivity index (χ2v) is 8.04. The molecule has 0 N–H and O–H groups in total. The Bertz CT molecular complexity index is 1240. The predicted molar refractivity (Wildman–Crippen MR) is 116 cm³/mol. The van der Waals surface area contributed by atoms with Crippen molar-refractivity contribution in [3.8, 4) is 34.4 Å². The summed E-state index contributed by atoms with van der Waals surface area (Å²) in [7, 11) is 0. The normalized spacial score (nSPS) is 12.3. The van der Waals surface area contributed by atoms with Crippen molar-refractivity contribution in [3.05, 3.63) is 53.3 Å². The van der Waals surface area contributed by atoms with Crippen LogP contribution in [0.2, 0.25) is 0 Å². The number of halogens is 6. The smallest absolute Gasteiger partial charge is 0.431 e. The molecule has 4 aromatic rings. The topological polar surface area (TPSA) is 92.6 Å². The minimum Gasteiger partial charge on any atom is -0.572 e. The van der Waals surface area contributed by atoms with E-state index in [2.05, 4.69) is 42.3 Å². The Balaban J connectivity index is 1.72. The molecule has 0 aliphatic heterocycles. The van der Waals surface area contributed by atoms with Crippen LogP contribution < -0.4 is 10.2 Å². The highest BCUT2D eigenvalue weighted by atomic mass is 19.4. The average Bonchev–Trinajstić information content (AvgIpc) is 3.52. The molecule has 3 heterocycles. The third-order valence-electron chi connectivity index (χ3n) is 5.28. The minimum absolute atomic E-state index is 0.0284. The lowest BCUT2D eigenvalue weighted by Crippen LogP contribution is -2.05. The first-order valence-corrected chi connectivity index (χ1v) is 11.1. The first kappa shape index (κ1) is 25.3. The van der Waals surface area contributed by atoms with E-state index in [9.17, 15) is 26.3 Å². The van der Waals surface area contributed by atoms with Crippen LogP contribution in [0.15, 0.2) is 36.4 Å². The van der Waals surface area contributed by atoms with Gasteiger partial charge in [0.05, 0.1) is 0 Å². The van der Waals surface area contributed by atoms with E-state index in [4.69, 9.17) is 0 Å². The molecule has 0 aliphatic carbocycles. The van der Waals surface area contributed by atoms with Crippen LogP contribution in [-0.2, 0) is 18.8 Å². The lowest BCUT2D eigenvalue weighted by Gasteiger charge is -2.11. The zero-order valence-electron chi connectivity index (χ0n) is 18.9. The highest BCUT2D eigenvalue weighted by molar-refractivity contribution is 5.64. The molecule has 0 spiro atoms. The summed E-state index contributed by atoms with van der Waals surface area (Å²) in [4.78, 5) is 12.4. The van der Waals surface area contributed by atoms with E-state index < -0.39 is 23.7 Å². The molecule has 0 saturated heterocycles. The van der Waals surface area contributed by atoms with Crippen LogP contribution in [0, 0.1) is 0 Å². The van der Waals surface area contributed by atoms with Crippen molar-refractivity contribution in [1.29, 1.82) is 0 Å². The highest BCUT2D eigenvalue weighted by Crippen LogP contribution is 2.32. The first-order chi connectivity index (χ1) is 17.0. The molecule has 0 bridgehead atoms. The summed E-state index contributed by atoms with van der Waals surface area (Å²) < 4.78 is 78.1. The third kappa shape index (κ3) is 5.89. The fraction of sp³-hybridized carbons (Fsp3) is 0.348. The van der Waals surface area contributed by atoms with Crippen molar-refractivity contribution in [2.24, 2.45) is 0 Å². The monoisotopic (exact) mass is 507 g/mol. The molecule has 0 fully saturated rings. The number of rotatable bonds is 8. The van der Waals surface area contributed by atoms with E-state index in [-0.39, 0.29) is 28.9 Å². The molecule has 13 heteroatoms. The maximum Gasteiger partial charge on any atom is 0.431 e. The van der Waals surface area contributed by atoms with Gasteiger partial charge in [-0.25, -0.2) is 15.0 Å². The van der Waals surface area contributed by atoms with Gasteiger partial charge in [-0.3, -0.25) is 0 Å². The Morgan fingerprint density at radius 2 is 1.17 bits per heavy atom. The van der Waals surface area contributed by atoms with Crippen molar-refractivity contribution < 1.29 is 26.3 Å². The average molecular weight is 507 g/mol. The molecule has 7 nitrogen and oxygen atoms in total. The van der Waals surface area contributed by atoms with Crippen LogP contribution in [0.25, 0.3) is 34.4 Å². The van der Waals surface area contributed by atoms with Gasteiger partial charge < -0.3 is 20.4 Å². The van der Waals surface area contributed by atoms with Gasteiger partial charge >= 0.3 is 12.4 Å². The number of hydrogen-bond acceptors (Lipinski definition) is 5. The predicted octanol–water partition coefficient (Wildman–Crippen LogP) is 5.74. The van der Waals surface area contributed by atoms with E-state index in [1.165, 1.54) is 0 Å². The lowest BCUT2D eigenvalue weighted by molar-refractivity contribution is -0.142. The molecule has 36 heavy (non-hydrogen) atoms.